The minimum absolute atomic E-state index is 0.0175. The number of carbonyl (C=O) groups is 2. The maximum atomic E-state index is 12.5. The summed E-state index contributed by atoms with van der Waals surface area (Å²) in [5.41, 5.74) is 1.15. The van der Waals surface area contributed by atoms with Gasteiger partial charge in [-0.25, -0.2) is 0 Å². The van der Waals surface area contributed by atoms with Gasteiger partial charge in [0.1, 0.15) is 6.04 Å². The number of amides is 2. The molecule has 1 heterocycles. The van der Waals surface area contributed by atoms with Gasteiger partial charge in [-0.3, -0.25) is 9.59 Å². The van der Waals surface area contributed by atoms with Gasteiger partial charge in [-0.05, 0) is 43.7 Å². The molecule has 2 rings (SSSR count). The lowest BCUT2D eigenvalue weighted by molar-refractivity contribution is -0.139. The van der Waals surface area contributed by atoms with Gasteiger partial charge in [0, 0.05) is 17.8 Å². The molecule has 0 saturated heterocycles. The van der Waals surface area contributed by atoms with E-state index in [0.29, 0.717) is 6.54 Å². The number of rotatable bonds is 6. The maximum Gasteiger partial charge on any atom is 0.247 e. The molecule has 0 unspecified atom stereocenters. The Bertz CT molecular complexity index is 523. The van der Waals surface area contributed by atoms with Crippen LogP contribution < -0.4 is 5.32 Å². The first-order valence-electron chi connectivity index (χ1n) is 7.16. The molecule has 2 amide bonds. The van der Waals surface area contributed by atoms with Crippen LogP contribution in [0.1, 0.15) is 30.2 Å². The summed E-state index contributed by atoms with van der Waals surface area (Å²) in [5.74, 6) is -0.370. The summed E-state index contributed by atoms with van der Waals surface area (Å²) < 4.78 is 0. The van der Waals surface area contributed by atoms with Gasteiger partial charge in [-0.15, -0.1) is 11.3 Å². The number of aliphatic hydroxyl groups is 1. The van der Waals surface area contributed by atoms with Gasteiger partial charge in [0.25, 0.3) is 0 Å². The van der Waals surface area contributed by atoms with Gasteiger partial charge < -0.3 is 15.3 Å². The van der Waals surface area contributed by atoms with Gasteiger partial charge in [-0.1, -0.05) is 0 Å². The fourth-order valence-corrected chi connectivity index (χ4v) is 3.06. The van der Waals surface area contributed by atoms with Crippen molar-refractivity contribution in [1.29, 1.82) is 0 Å². The number of thiophene rings is 1. The number of carbonyl (C=O) groups excluding carboxylic acids is 2. The SMILES string of the molecule is Cc1ccsc1CN(C)C(=O)[C@@H](NC(=O)C1CC1)[C@H](C)O. The van der Waals surface area contributed by atoms with Crippen molar-refractivity contribution in [3.8, 4) is 0 Å². The third kappa shape index (κ3) is 4.04. The van der Waals surface area contributed by atoms with Gasteiger partial charge >= 0.3 is 0 Å². The lowest BCUT2D eigenvalue weighted by Gasteiger charge is -2.26. The molecule has 1 aliphatic rings. The summed E-state index contributed by atoms with van der Waals surface area (Å²) >= 11 is 1.60. The van der Waals surface area contributed by atoms with Crippen molar-refractivity contribution in [2.75, 3.05) is 7.05 Å². The van der Waals surface area contributed by atoms with E-state index in [9.17, 15) is 14.7 Å². The van der Waals surface area contributed by atoms with E-state index in [1.54, 1.807) is 23.3 Å². The van der Waals surface area contributed by atoms with Crippen LogP contribution in [0.25, 0.3) is 0 Å². The Kier molecular flexibility index (Phi) is 5.00. The first-order chi connectivity index (χ1) is 9.90. The Labute approximate surface area is 129 Å². The average molecular weight is 310 g/mol. The summed E-state index contributed by atoms with van der Waals surface area (Å²) in [6.45, 7) is 4.02. The van der Waals surface area contributed by atoms with Crippen molar-refractivity contribution >= 4 is 23.2 Å². The fraction of sp³-hybridized carbons (Fsp3) is 0.600. The zero-order valence-corrected chi connectivity index (χ0v) is 13.4. The molecule has 1 saturated carbocycles. The third-order valence-corrected chi connectivity index (χ3v) is 4.73. The quantitative estimate of drug-likeness (QED) is 0.832. The molecular formula is C15H22N2O3S. The second-order valence-electron chi connectivity index (χ2n) is 5.72. The third-order valence-electron chi connectivity index (χ3n) is 3.72. The molecule has 0 aromatic carbocycles. The van der Waals surface area contributed by atoms with E-state index in [1.807, 2.05) is 18.4 Å². The van der Waals surface area contributed by atoms with Gasteiger partial charge in [0.15, 0.2) is 0 Å². The van der Waals surface area contributed by atoms with Crippen molar-refractivity contribution in [3.63, 3.8) is 0 Å². The predicted molar refractivity (Wildman–Crippen MR) is 81.9 cm³/mol. The lowest BCUT2D eigenvalue weighted by Crippen LogP contribution is -2.53. The standard InChI is InChI=1S/C15H22N2O3S/c1-9-6-7-21-12(9)8-17(3)15(20)13(10(2)18)16-14(19)11-4-5-11/h6-7,10-11,13,18H,4-5,8H2,1-3H3,(H,16,19)/t10-,13-/m0/s1. The molecule has 0 spiro atoms. The average Bonchev–Trinajstić information content (AvgIpc) is 3.20. The van der Waals surface area contributed by atoms with Crippen LogP contribution in [0.3, 0.4) is 0 Å². The molecular weight excluding hydrogens is 288 g/mol. The zero-order valence-electron chi connectivity index (χ0n) is 12.6. The number of nitrogens with zero attached hydrogens (tertiary/aromatic N) is 1. The predicted octanol–water partition coefficient (Wildman–Crippen LogP) is 1.29. The van der Waals surface area contributed by atoms with Crippen LogP contribution in [-0.4, -0.2) is 41.0 Å². The molecule has 0 bridgehead atoms. The summed E-state index contributed by atoms with van der Waals surface area (Å²) in [4.78, 5) is 27.0. The number of hydrogen-bond acceptors (Lipinski definition) is 4. The summed E-state index contributed by atoms with van der Waals surface area (Å²) in [6.07, 6.45) is 0.834. The van der Waals surface area contributed by atoms with Crippen LogP contribution in [-0.2, 0) is 16.1 Å². The van der Waals surface area contributed by atoms with Crippen LogP contribution in [0, 0.1) is 12.8 Å². The minimum Gasteiger partial charge on any atom is -0.391 e. The molecule has 2 atom stereocenters. The maximum absolute atomic E-state index is 12.5. The first kappa shape index (κ1) is 16.0. The highest BCUT2D eigenvalue weighted by molar-refractivity contribution is 7.10. The summed E-state index contributed by atoms with van der Waals surface area (Å²) in [7, 11) is 1.69. The van der Waals surface area contributed by atoms with E-state index in [0.717, 1.165) is 23.3 Å². The molecule has 0 aliphatic heterocycles. The van der Waals surface area contributed by atoms with E-state index < -0.39 is 12.1 Å². The van der Waals surface area contributed by atoms with Gasteiger partial charge in [-0.2, -0.15) is 0 Å². The van der Waals surface area contributed by atoms with Gasteiger partial charge in [0.2, 0.25) is 11.8 Å². The molecule has 1 aromatic rings. The first-order valence-corrected chi connectivity index (χ1v) is 8.04. The molecule has 21 heavy (non-hydrogen) atoms. The Morgan fingerprint density at radius 2 is 2.19 bits per heavy atom. The molecule has 1 aliphatic carbocycles. The van der Waals surface area contributed by atoms with E-state index in [-0.39, 0.29) is 17.7 Å². The fourth-order valence-electron chi connectivity index (χ4n) is 2.10. The summed E-state index contributed by atoms with van der Waals surface area (Å²) in [5, 5.41) is 14.5. The number of nitrogens with one attached hydrogen (secondary N) is 1. The molecule has 116 valence electrons. The highest BCUT2D eigenvalue weighted by Gasteiger charge is 2.35. The Morgan fingerprint density at radius 3 is 2.67 bits per heavy atom. The number of hydrogen-bond donors (Lipinski definition) is 2. The highest BCUT2D eigenvalue weighted by Crippen LogP contribution is 2.29. The van der Waals surface area contributed by atoms with Crippen molar-refractivity contribution in [2.45, 2.75) is 45.4 Å². The van der Waals surface area contributed by atoms with Gasteiger partial charge in [0.05, 0.1) is 12.6 Å². The largest absolute Gasteiger partial charge is 0.391 e. The molecule has 0 radical (unpaired) electrons. The Morgan fingerprint density at radius 1 is 1.52 bits per heavy atom. The van der Waals surface area contributed by atoms with Crippen molar-refractivity contribution in [2.24, 2.45) is 5.92 Å². The van der Waals surface area contributed by atoms with Crippen molar-refractivity contribution in [1.82, 2.24) is 10.2 Å². The normalized spacial score (nSPS) is 17.1. The van der Waals surface area contributed by atoms with Crippen LogP contribution >= 0.6 is 11.3 Å². The molecule has 2 N–H and O–H groups in total. The van der Waals surface area contributed by atoms with Crippen LogP contribution in [0.5, 0.6) is 0 Å². The molecule has 5 nitrogen and oxygen atoms in total. The minimum atomic E-state index is -0.910. The lowest BCUT2D eigenvalue weighted by atomic mass is 10.1. The number of aryl methyl sites for hydroxylation is 1. The number of aliphatic hydroxyl groups excluding tert-OH is 1. The molecule has 1 fully saturated rings. The van der Waals surface area contributed by atoms with Crippen LogP contribution in [0.15, 0.2) is 11.4 Å². The smallest absolute Gasteiger partial charge is 0.247 e. The van der Waals surface area contributed by atoms with Crippen LogP contribution in [0.2, 0.25) is 0 Å². The topological polar surface area (TPSA) is 69.6 Å². The molecule has 1 aromatic heterocycles. The molecule has 6 heteroatoms. The number of likely N-dealkylation sites (N-methyl/N-ethyl adjacent to an activating group) is 1. The van der Waals surface area contributed by atoms with E-state index in [4.69, 9.17) is 0 Å². The van der Waals surface area contributed by atoms with E-state index >= 15 is 0 Å². The van der Waals surface area contributed by atoms with Crippen molar-refractivity contribution < 1.29 is 14.7 Å². The van der Waals surface area contributed by atoms with E-state index in [1.165, 1.54) is 6.92 Å². The Balaban J connectivity index is 1.99. The second kappa shape index (κ2) is 6.58. The van der Waals surface area contributed by atoms with Crippen molar-refractivity contribution in [3.05, 3.63) is 21.9 Å². The monoisotopic (exact) mass is 310 g/mol. The highest BCUT2D eigenvalue weighted by atomic mass is 32.1. The summed E-state index contributed by atoms with van der Waals surface area (Å²) in [6, 6.07) is 1.14. The zero-order chi connectivity index (χ0) is 15.6. The van der Waals surface area contributed by atoms with E-state index in [2.05, 4.69) is 5.32 Å². The van der Waals surface area contributed by atoms with Crippen LogP contribution in [0.4, 0.5) is 0 Å². The second-order valence-corrected chi connectivity index (χ2v) is 6.72. The Hall–Kier alpha value is -1.40.